The third kappa shape index (κ3) is 3.33. The monoisotopic (exact) mass is 244 g/mol. The van der Waals surface area contributed by atoms with Gasteiger partial charge in [0.1, 0.15) is 11.6 Å². The van der Waals surface area contributed by atoms with Gasteiger partial charge in [0.15, 0.2) is 0 Å². The molecule has 1 aliphatic rings. The Morgan fingerprint density at radius 3 is 2.41 bits per heavy atom. The third-order valence-electron chi connectivity index (χ3n) is 2.30. The summed E-state index contributed by atoms with van der Waals surface area (Å²) in [7, 11) is 0. The zero-order chi connectivity index (χ0) is 13.2. The van der Waals surface area contributed by atoms with Gasteiger partial charge in [-0.1, -0.05) is 0 Å². The maximum atomic E-state index is 11.7. The van der Waals surface area contributed by atoms with Crippen LogP contribution in [0.25, 0.3) is 0 Å². The molecule has 1 fully saturated rings. The van der Waals surface area contributed by atoms with Crippen LogP contribution >= 0.6 is 0 Å². The van der Waals surface area contributed by atoms with Crippen molar-refractivity contribution in [3.63, 3.8) is 0 Å². The smallest absolute Gasteiger partial charge is 0.411 e. The van der Waals surface area contributed by atoms with Gasteiger partial charge in [-0.2, -0.15) is 0 Å². The summed E-state index contributed by atoms with van der Waals surface area (Å²) in [6, 6.07) is -1.09. The van der Waals surface area contributed by atoms with E-state index in [2.05, 4.69) is 0 Å². The molecule has 2 atom stereocenters. The molecule has 6 heteroatoms. The molecule has 98 valence electrons. The van der Waals surface area contributed by atoms with E-state index in [1.54, 1.807) is 27.7 Å². The quantitative estimate of drug-likeness (QED) is 0.715. The Hall–Kier alpha value is -1.30. The number of amides is 1. The summed E-state index contributed by atoms with van der Waals surface area (Å²) >= 11 is 0. The molecule has 2 N–H and O–H groups in total. The molecule has 1 heterocycles. The second-order valence-electron chi connectivity index (χ2n) is 4.99. The fourth-order valence-electron chi connectivity index (χ4n) is 1.57. The summed E-state index contributed by atoms with van der Waals surface area (Å²) in [6.45, 7) is 7.60. The van der Waals surface area contributed by atoms with Crippen LogP contribution < -0.4 is 5.73 Å². The molecular formula is C11H20N2O4. The lowest BCUT2D eigenvalue weighted by atomic mass is 9.98. The fraction of sp³-hybridized carbons (Fsp3) is 0.818. The highest BCUT2D eigenvalue weighted by Gasteiger charge is 2.47. The maximum absolute atomic E-state index is 11.7. The lowest BCUT2D eigenvalue weighted by molar-refractivity contribution is -0.155. The van der Waals surface area contributed by atoms with Crippen LogP contribution in [0.4, 0.5) is 4.79 Å². The van der Waals surface area contributed by atoms with E-state index < -0.39 is 23.7 Å². The van der Waals surface area contributed by atoms with E-state index in [0.717, 1.165) is 0 Å². The molecule has 1 amide bonds. The summed E-state index contributed by atoms with van der Waals surface area (Å²) in [4.78, 5) is 24.6. The van der Waals surface area contributed by atoms with E-state index in [9.17, 15) is 9.59 Å². The Labute approximate surface area is 101 Å². The predicted molar refractivity (Wildman–Crippen MR) is 61.3 cm³/mol. The van der Waals surface area contributed by atoms with E-state index in [-0.39, 0.29) is 12.6 Å². The lowest BCUT2D eigenvalue weighted by Gasteiger charge is -2.44. The molecule has 0 radical (unpaired) electrons. The van der Waals surface area contributed by atoms with Gasteiger partial charge in [-0.3, -0.25) is 4.90 Å². The number of hydrogen-bond donors (Lipinski definition) is 1. The average Bonchev–Trinajstić information content (AvgIpc) is 2.11. The summed E-state index contributed by atoms with van der Waals surface area (Å²) < 4.78 is 10.0. The third-order valence-corrected chi connectivity index (χ3v) is 2.30. The largest absolute Gasteiger partial charge is 0.464 e. The van der Waals surface area contributed by atoms with Crippen molar-refractivity contribution in [3.05, 3.63) is 0 Å². The highest BCUT2D eigenvalue weighted by molar-refractivity contribution is 5.84. The number of likely N-dealkylation sites (tertiary alicyclic amines) is 1. The first-order valence-corrected chi connectivity index (χ1v) is 5.68. The van der Waals surface area contributed by atoms with Crippen LogP contribution in [-0.2, 0) is 14.3 Å². The van der Waals surface area contributed by atoms with Crippen LogP contribution in [0, 0.1) is 0 Å². The molecule has 1 rings (SSSR count). The molecule has 1 aliphatic heterocycles. The van der Waals surface area contributed by atoms with E-state index in [0.29, 0.717) is 6.54 Å². The molecule has 0 bridgehead atoms. The number of nitrogens with zero attached hydrogens (tertiary/aromatic N) is 1. The zero-order valence-corrected chi connectivity index (χ0v) is 10.7. The van der Waals surface area contributed by atoms with Gasteiger partial charge in [-0.15, -0.1) is 0 Å². The summed E-state index contributed by atoms with van der Waals surface area (Å²) in [5.41, 5.74) is 5.11. The van der Waals surface area contributed by atoms with Crippen molar-refractivity contribution in [1.29, 1.82) is 0 Å². The van der Waals surface area contributed by atoms with Crippen molar-refractivity contribution in [2.45, 2.75) is 45.4 Å². The SMILES string of the molecule is CCOC(=O)C1C(N)CN1C(=O)OC(C)(C)C. The van der Waals surface area contributed by atoms with Crippen molar-refractivity contribution in [2.75, 3.05) is 13.2 Å². The van der Waals surface area contributed by atoms with Crippen molar-refractivity contribution < 1.29 is 19.1 Å². The maximum Gasteiger partial charge on any atom is 0.411 e. The van der Waals surface area contributed by atoms with Gasteiger partial charge in [0.05, 0.1) is 12.6 Å². The molecule has 0 saturated carbocycles. The number of hydrogen-bond acceptors (Lipinski definition) is 5. The van der Waals surface area contributed by atoms with Gasteiger partial charge in [-0.25, -0.2) is 9.59 Å². The molecule has 0 aromatic rings. The van der Waals surface area contributed by atoms with Crippen LogP contribution in [0.1, 0.15) is 27.7 Å². The first kappa shape index (κ1) is 13.8. The van der Waals surface area contributed by atoms with Crippen molar-refractivity contribution in [2.24, 2.45) is 5.73 Å². The first-order chi connectivity index (χ1) is 7.76. The van der Waals surface area contributed by atoms with Crippen molar-refractivity contribution in [1.82, 2.24) is 4.90 Å². The molecule has 0 aromatic heterocycles. The number of rotatable bonds is 2. The number of esters is 1. The Balaban J connectivity index is 2.60. The van der Waals surface area contributed by atoms with Crippen LogP contribution in [0.5, 0.6) is 0 Å². The van der Waals surface area contributed by atoms with Crippen LogP contribution in [-0.4, -0.2) is 47.8 Å². The Bertz CT molecular complexity index is 311. The fourth-order valence-corrected chi connectivity index (χ4v) is 1.57. The highest BCUT2D eigenvalue weighted by Crippen LogP contribution is 2.21. The molecule has 0 spiro atoms. The predicted octanol–water partition coefficient (Wildman–Crippen LogP) is 0.496. The number of carbonyl (C=O) groups is 2. The van der Waals surface area contributed by atoms with Crippen molar-refractivity contribution in [3.8, 4) is 0 Å². The van der Waals surface area contributed by atoms with E-state index in [4.69, 9.17) is 15.2 Å². The standard InChI is InChI=1S/C11H20N2O4/c1-5-16-9(14)8-7(12)6-13(8)10(15)17-11(2,3)4/h7-8H,5-6,12H2,1-4H3. The van der Waals surface area contributed by atoms with Crippen LogP contribution in [0.2, 0.25) is 0 Å². The van der Waals surface area contributed by atoms with E-state index >= 15 is 0 Å². The molecule has 2 unspecified atom stereocenters. The highest BCUT2D eigenvalue weighted by atomic mass is 16.6. The lowest BCUT2D eigenvalue weighted by Crippen LogP contribution is -2.69. The van der Waals surface area contributed by atoms with Crippen molar-refractivity contribution >= 4 is 12.1 Å². The molecule has 17 heavy (non-hydrogen) atoms. The van der Waals surface area contributed by atoms with Gasteiger partial charge >= 0.3 is 12.1 Å². The minimum atomic E-state index is -0.718. The zero-order valence-electron chi connectivity index (χ0n) is 10.7. The van der Waals surface area contributed by atoms with E-state index in [1.165, 1.54) is 4.90 Å². The Morgan fingerprint density at radius 1 is 1.41 bits per heavy atom. The number of ether oxygens (including phenoxy) is 2. The average molecular weight is 244 g/mol. The number of carbonyl (C=O) groups excluding carboxylic acids is 2. The summed E-state index contributed by atoms with van der Waals surface area (Å²) in [5, 5.41) is 0. The molecule has 0 aliphatic carbocycles. The Morgan fingerprint density at radius 2 is 2.00 bits per heavy atom. The minimum absolute atomic E-state index is 0.268. The number of nitrogens with two attached hydrogens (primary N) is 1. The van der Waals surface area contributed by atoms with Crippen LogP contribution in [0.15, 0.2) is 0 Å². The second kappa shape index (κ2) is 4.91. The van der Waals surface area contributed by atoms with Gasteiger partial charge in [0.25, 0.3) is 0 Å². The minimum Gasteiger partial charge on any atom is -0.464 e. The molecule has 1 saturated heterocycles. The molecular weight excluding hydrogens is 224 g/mol. The van der Waals surface area contributed by atoms with E-state index in [1.807, 2.05) is 0 Å². The summed E-state index contributed by atoms with van der Waals surface area (Å²) in [6.07, 6.45) is -0.530. The topological polar surface area (TPSA) is 81.9 Å². The van der Waals surface area contributed by atoms with Gasteiger partial charge in [0, 0.05) is 6.54 Å². The molecule has 6 nitrogen and oxygen atoms in total. The van der Waals surface area contributed by atoms with Crippen LogP contribution in [0.3, 0.4) is 0 Å². The Kier molecular flexibility index (Phi) is 3.98. The second-order valence-corrected chi connectivity index (χ2v) is 4.99. The first-order valence-electron chi connectivity index (χ1n) is 5.68. The summed E-state index contributed by atoms with van der Waals surface area (Å²) in [5.74, 6) is -0.475. The molecule has 0 aromatic carbocycles. The normalized spacial score (nSPS) is 23.9. The van der Waals surface area contributed by atoms with Gasteiger partial charge in [-0.05, 0) is 27.7 Å². The van der Waals surface area contributed by atoms with Gasteiger partial charge < -0.3 is 15.2 Å². The van der Waals surface area contributed by atoms with Gasteiger partial charge in [0.2, 0.25) is 0 Å².